The first-order valence-electron chi connectivity index (χ1n) is 6.23. The van der Waals surface area contributed by atoms with Crippen molar-refractivity contribution in [3.63, 3.8) is 0 Å². The summed E-state index contributed by atoms with van der Waals surface area (Å²) >= 11 is 11.9. The van der Waals surface area contributed by atoms with Gasteiger partial charge in [-0.1, -0.05) is 43.1 Å². The molecular weight excluding hydrogens is 269 g/mol. The maximum absolute atomic E-state index is 12.1. The smallest absolute Gasteiger partial charge is 0.225 e. The van der Waals surface area contributed by atoms with E-state index in [2.05, 4.69) is 0 Å². The summed E-state index contributed by atoms with van der Waals surface area (Å²) in [4.78, 5) is 14.1. The highest BCUT2D eigenvalue weighted by Gasteiger charge is 2.33. The molecule has 1 aromatic rings. The molecule has 1 aliphatic carbocycles. The Morgan fingerprint density at radius 2 is 2.00 bits per heavy atom. The van der Waals surface area contributed by atoms with Crippen LogP contribution in [0.25, 0.3) is 0 Å². The molecule has 2 rings (SSSR count). The molecule has 0 saturated heterocycles. The number of carbonyl (C=O) groups excluding carboxylic acids is 1. The van der Waals surface area contributed by atoms with Gasteiger partial charge in [0, 0.05) is 18.5 Å². The molecule has 0 heterocycles. The minimum atomic E-state index is 0.0355. The lowest BCUT2D eigenvalue weighted by Crippen LogP contribution is -2.35. The second kappa shape index (κ2) is 5.50. The van der Waals surface area contributed by atoms with Gasteiger partial charge in [-0.25, -0.2) is 0 Å². The molecule has 0 unspecified atom stereocenters. The van der Waals surface area contributed by atoms with Gasteiger partial charge in [0.1, 0.15) is 0 Å². The van der Waals surface area contributed by atoms with Gasteiger partial charge in [0.2, 0.25) is 5.91 Å². The molecule has 4 heteroatoms. The summed E-state index contributed by atoms with van der Waals surface area (Å²) in [6.07, 6.45) is 2.22. The molecule has 0 atom stereocenters. The lowest BCUT2D eigenvalue weighted by atomic mass is 10.1. The maximum Gasteiger partial charge on any atom is 0.225 e. The maximum atomic E-state index is 12.1. The number of carbonyl (C=O) groups is 1. The first-order valence-corrected chi connectivity index (χ1v) is 6.99. The highest BCUT2D eigenvalue weighted by molar-refractivity contribution is 6.42. The lowest BCUT2D eigenvalue weighted by molar-refractivity contribution is -0.135. The largest absolute Gasteiger partial charge is 0.335 e. The van der Waals surface area contributed by atoms with Crippen LogP contribution in [0.1, 0.15) is 32.3 Å². The number of nitrogens with zero attached hydrogens (tertiary/aromatic N) is 1. The molecule has 1 amide bonds. The fourth-order valence-electron chi connectivity index (χ4n) is 1.94. The van der Waals surface area contributed by atoms with E-state index < -0.39 is 0 Å². The van der Waals surface area contributed by atoms with Crippen LogP contribution in [0, 0.1) is 5.92 Å². The van der Waals surface area contributed by atoms with Gasteiger partial charge >= 0.3 is 0 Å². The molecule has 0 N–H and O–H groups in total. The monoisotopic (exact) mass is 285 g/mol. The van der Waals surface area contributed by atoms with E-state index in [4.69, 9.17) is 23.2 Å². The predicted molar refractivity (Wildman–Crippen MR) is 74.9 cm³/mol. The van der Waals surface area contributed by atoms with Crippen LogP contribution in [0.3, 0.4) is 0 Å². The van der Waals surface area contributed by atoms with E-state index in [0.29, 0.717) is 22.6 Å². The summed E-state index contributed by atoms with van der Waals surface area (Å²) in [5.74, 6) is 0.247. The zero-order chi connectivity index (χ0) is 13.3. The topological polar surface area (TPSA) is 20.3 Å². The summed E-state index contributed by atoms with van der Waals surface area (Å²) in [6.45, 7) is 4.50. The molecular formula is C14H17Cl2NO. The molecule has 1 saturated carbocycles. The number of amides is 1. The van der Waals surface area contributed by atoms with Gasteiger partial charge in [-0.15, -0.1) is 0 Å². The summed E-state index contributed by atoms with van der Waals surface area (Å²) < 4.78 is 0. The third-order valence-electron chi connectivity index (χ3n) is 3.10. The van der Waals surface area contributed by atoms with Crippen molar-refractivity contribution in [3.8, 4) is 0 Å². The molecule has 1 fully saturated rings. The lowest BCUT2D eigenvalue weighted by Gasteiger charge is -2.24. The third-order valence-corrected chi connectivity index (χ3v) is 3.84. The molecule has 0 aromatic heterocycles. The first-order chi connectivity index (χ1) is 8.49. The van der Waals surface area contributed by atoms with Gasteiger partial charge in [0.05, 0.1) is 10.0 Å². The summed E-state index contributed by atoms with van der Waals surface area (Å²) in [7, 11) is 0. The Bertz CT molecular complexity index is 455. The highest BCUT2D eigenvalue weighted by Crippen LogP contribution is 2.31. The fourth-order valence-corrected chi connectivity index (χ4v) is 2.26. The van der Waals surface area contributed by atoms with Gasteiger partial charge in [0.25, 0.3) is 0 Å². The Hall–Kier alpha value is -0.730. The summed E-state index contributed by atoms with van der Waals surface area (Å²) in [6, 6.07) is 5.96. The SMILES string of the molecule is CC(C)C(=O)N(Cc1ccc(Cl)c(Cl)c1)C1CC1. The summed E-state index contributed by atoms with van der Waals surface area (Å²) in [5.41, 5.74) is 1.03. The Morgan fingerprint density at radius 3 is 2.50 bits per heavy atom. The average Bonchev–Trinajstić information content (AvgIpc) is 3.13. The van der Waals surface area contributed by atoms with E-state index in [-0.39, 0.29) is 11.8 Å². The number of hydrogen-bond acceptors (Lipinski definition) is 1. The molecule has 18 heavy (non-hydrogen) atoms. The zero-order valence-electron chi connectivity index (χ0n) is 10.6. The van der Waals surface area contributed by atoms with Crippen LogP contribution in [0.2, 0.25) is 10.0 Å². The first kappa shape index (κ1) is 13.7. The van der Waals surface area contributed by atoms with Crippen molar-refractivity contribution in [3.05, 3.63) is 33.8 Å². The van der Waals surface area contributed by atoms with Crippen LogP contribution < -0.4 is 0 Å². The molecule has 1 aromatic carbocycles. The molecule has 0 radical (unpaired) electrons. The minimum Gasteiger partial charge on any atom is -0.335 e. The number of rotatable bonds is 4. The van der Waals surface area contributed by atoms with Crippen molar-refractivity contribution in [2.45, 2.75) is 39.3 Å². The van der Waals surface area contributed by atoms with Crippen molar-refractivity contribution in [1.82, 2.24) is 4.90 Å². The van der Waals surface area contributed by atoms with Crippen LogP contribution in [0.4, 0.5) is 0 Å². The second-order valence-electron chi connectivity index (χ2n) is 5.10. The zero-order valence-corrected chi connectivity index (χ0v) is 12.1. The van der Waals surface area contributed by atoms with Crippen molar-refractivity contribution in [1.29, 1.82) is 0 Å². The van der Waals surface area contributed by atoms with Crippen molar-refractivity contribution >= 4 is 29.1 Å². The summed E-state index contributed by atoms with van der Waals surface area (Å²) in [5, 5.41) is 1.09. The van der Waals surface area contributed by atoms with Crippen molar-refractivity contribution in [2.24, 2.45) is 5.92 Å². The average molecular weight is 286 g/mol. The molecule has 0 bridgehead atoms. The molecule has 2 nitrogen and oxygen atoms in total. The Balaban J connectivity index is 2.13. The number of halogens is 2. The molecule has 0 spiro atoms. The van der Waals surface area contributed by atoms with Crippen LogP contribution >= 0.6 is 23.2 Å². The minimum absolute atomic E-state index is 0.0355. The van der Waals surface area contributed by atoms with Gasteiger partial charge in [-0.2, -0.15) is 0 Å². The van der Waals surface area contributed by atoms with E-state index in [0.717, 1.165) is 18.4 Å². The number of hydrogen-bond donors (Lipinski definition) is 0. The van der Waals surface area contributed by atoms with Crippen LogP contribution in [0.15, 0.2) is 18.2 Å². The van der Waals surface area contributed by atoms with Gasteiger partial charge < -0.3 is 4.90 Å². The van der Waals surface area contributed by atoms with Crippen LogP contribution in [0.5, 0.6) is 0 Å². The molecule has 98 valence electrons. The Labute approximate surface area is 118 Å². The standard InChI is InChI=1S/C14H17Cl2NO/c1-9(2)14(18)17(11-4-5-11)8-10-3-6-12(15)13(16)7-10/h3,6-7,9,11H,4-5,8H2,1-2H3. The van der Waals surface area contributed by atoms with E-state index in [1.54, 1.807) is 6.07 Å². The quantitative estimate of drug-likeness (QED) is 0.814. The van der Waals surface area contributed by atoms with Crippen molar-refractivity contribution < 1.29 is 4.79 Å². The third kappa shape index (κ3) is 3.18. The van der Waals surface area contributed by atoms with E-state index in [1.165, 1.54) is 0 Å². The normalized spacial score (nSPS) is 14.9. The van der Waals surface area contributed by atoms with Crippen molar-refractivity contribution in [2.75, 3.05) is 0 Å². The van der Waals surface area contributed by atoms with E-state index >= 15 is 0 Å². The fraction of sp³-hybridized carbons (Fsp3) is 0.500. The van der Waals surface area contributed by atoms with Crippen LogP contribution in [-0.2, 0) is 11.3 Å². The van der Waals surface area contributed by atoms with Gasteiger partial charge in [0.15, 0.2) is 0 Å². The van der Waals surface area contributed by atoms with Gasteiger partial charge in [-0.3, -0.25) is 4.79 Å². The highest BCUT2D eigenvalue weighted by atomic mass is 35.5. The molecule has 0 aliphatic heterocycles. The van der Waals surface area contributed by atoms with Crippen LogP contribution in [-0.4, -0.2) is 16.8 Å². The number of benzene rings is 1. The second-order valence-corrected chi connectivity index (χ2v) is 5.91. The molecule has 1 aliphatic rings. The van der Waals surface area contributed by atoms with E-state index in [1.807, 2.05) is 30.9 Å². The van der Waals surface area contributed by atoms with Gasteiger partial charge in [-0.05, 0) is 30.5 Å². The Kier molecular flexibility index (Phi) is 4.18. The van der Waals surface area contributed by atoms with E-state index in [9.17, 15) is 4.79 Å². The predicted octanol–water partition coefficient (Wildman–Crippen LogP) is 4.14. The Morgan fingerprint density at radius 1 is 1.33 bits per heavy atom.